The van der Waals surface area contributed by atoms with E-state index in [0.717, 1.165) is 55.1 Å². The van der Waals surface area contributed by atoms with Gasteiger partial charge >= 0.3 is 0 Å². The Bertz CT molecular complexity index is 937. The maximum Gasteiger partial charge on any atom is 0.165 e. The van der Waals surface area contributed by atoms with Crippen LogP contribution in [0.25, 0.3) is 5.70 Å². The molecule has 2 N–H and O–H groups in total. The molecule has 2 aliphatic rings. The Hall–Kier alpha value is -2.90. The van der Waals surface area contributed by atoms with Crippen molar-refractivity contribution >= 4 is 5.70 Å². The van der Waals surface area contributed by atoms with Crippen LogP contribution in [0.1, 0.15) is 11.1 Å². The molecule has 0 amide bonds. The van der Waals surface area contributed by atoms with Gasteiger partial charge in [-0.25, -0.2) is 8.78 Å². The molecule has 0 saturated carbocycles. The van der Waals surface area contributed by atoms with Gasteiger partial charge in [0.1, 0.15) is 5.82 Å². The minimum Gasteiger partial charge on any atom is -0.494 e. The van der Waals surface area contributed by atoms with Gasteiger partial charge in [-0.3, -0.25) is 15.3 Å². The van der Waals surface area contributed by atoms with Crippen LogP contribution >= 0.6 is 0 Å². The average Bonchev–Trinajstić information content (AvgIpc) is 2.76. The number of methoxy groups -OCH3 is 1. The topological polar surface area (TPSA) is 39.8 Å². The van der Waals surface area contributed by atoms with E-state index in [1.54, 1.807) is 18.2 Å². The second-order valence-corrected chi connectivity index (χ2v) is 7.50. The van der Waals surface area contributed by atoms with E-state index in [0.29, 0.717) is 6.54 Å². The van der Waals surface area contributed by atoms with E-state index in [9.17, 15) is 8.78 Å². The van der Waals surface area contributed by atoms with E-state index in [1.807, 2.05) is 11.1 Å². The van der Waals surface area contributed by atoms with Gasteiger partial charge in [-0.15, -0.1) is 0 Å². The Morgan fingerprint density at radius 3 is 2.47 bits per heavy atom. The molecule has 2 aliphatic heterocycles. The fourth-order valence-corrected chi connectivity index (χ4v) is 3.71. The number of hydrogen-bond acceptors (Lipinski definition) is 5. The average molecular weight is 412 g/mol. The molecule has 2 aromatic carbocycles. The summed E-state index contributed by atoms with van der Waals surface area (Å²) >= 11 is 0. The molecule has 1 fully saturated rings. The standard InChI is InChI=1S/C23H26F2N4O/c1-30-23-7-4-19(13-21(23)25)22-12-18(14-28-10-8-26-9-11-28)16-29(27-22)15-17-2-5-20(24)6-3-17/h2-7,12-13,16,26-27H,8-11,14-15H2,1H3. The number of benzene rings is 2. The molecule has 0 radical (unpaired) electrons. The maximum absolute atomic E-state index is 14.3. The lowest BCUT2D eigenvalue weighted by atomic mass is 10.1. The molecule has 0 atom stereocenters. The third-order valence-electron chi connectivity index (χ3n) is 5.26. The first-order valence-corrected chi connectivity index (χ1v) is 10.1. The maximum atomic E-state index is 14.3. The van der Waals surface area contributed by atoms with Crippen LogP contribution in [0.4, 0.5) is 8.78 Å². The van der Waals surface area contributed by atoms with E-state index in [-0.39, 0.29) is 11.6 Å². The highest BCUT2D eigenvalue weighted by Crippen LogP contribution is 2.25. The molecule has 1 saturated heterocycles. The number of halogens is 2. The summed E-state index contributed by atoms with van der Waals surface area (Å²) in [6.07, 6.45) is 4.12. The van der Waals surface area contributed by atoms with Crippen molar-refractivity contribution in [2.45, 2.75) is 6.54 Å². The molecule has 2 aromatic rings. The van der Waals surface area contributed by atoms with Crippen LogP contribution in [0, 0.1) is 11.6 Å². The SMILES string of the molecule is COc1ccc(C2=CC(CN3CCNCC3)=CN(Cc3ccc(F)cc3)N2)cc1F. The number of hydrogen-bond donors (Lipinski definition) is 2. The summed E-state index contributed by atoms with van der Waals surface area (Å²) in [6, 6.07) is 11.4. The smallest absolute Gasteiger partial charge is 0.165 e. The first kappa shape index (κ1) is 20.4. The van der Waals surface area contributed by atoms with Gasteiger partial charge in [0.05, 0.1) is 19.4 Å². The zero-order chi connectivity index (χ0) is 20.9. The van der Waals surface area contributed by atoms with Gasteiger partial charge < -0.3 is 10.1 Å². The van der Waals surface area contributed by atoms with Crippen LogP contribution in [-0.2, 0) is 6.54 Å². The minimum absolute atomic E-state index is 0.218. The van der Waals surface area contributed by atoms with Crippen LogP contribution in [0.15, 0.2) is 60.3 Å². The van der Waals surface area contributed by atoms with Crippen molar-refractivity contribution in [1.82, 2.24) is 20.7 Å². The highest BCUT2D eigenvalue weighted by Gasteiger charge is 2.18. The van der Waals surface area contributed by atoms with Crippen molar-refractivity contribution in [1.29, 1.82) is 0 Å². The number of ether oxygens (including phenoxy) is 1. The van der Waals surface area contributed by atoms with Crippen molar-refractivity contribution in [3.63, 3.8) is 0 Å². The van der Waals surface area contributed by atoms with Gasteiger partial charge in [0, 0.05) is 44.5 Å². The molecule has 0 aromatic heterocycles. The molecule has 158 valence electrons. The van der Waals surface area contributed by atoms with E-state index in [1.165, 1.54) is 25.3 Å². The lowest BCUT2D eigenvalue weighted by Gasteiger charge is -2.32. The monoisotopic (exact) mass is 412 g/mol. The van der Waals surface area contributed by atoms with Crippen molar-refractivity contribution in [3.8, 4) is 5.75 Å². The molecule has 5 nitrogen and oxygen atoms in total. The van der Waals surface area contributed by atoms with Crippen molar-refractivity contribution in [2.24, 2.45) is 0 Å². The van der Waals surface area contributed by atoms with Crippen LogP contribution in [0.3, 0.4) is 0 Å². The summed E-state index contributed by atoms with van der Waals surface area (Å²) in [7, 11) is 1.45. The van der Waals surface area contributed by atoms with Gasteiger partial charge in [-0.1, -0.05) is 12.1 Å². The van der Waals surface area contributed by atoms with Crippen molar-refractivity contribution in [3.05, 3.63) is 83.1 Å². The van der Waals surface area contributed by atoms with Crippen LogP contribution < -0.4 is 15.5 Å². The Labute approximate surface area is 175 Å². The lowest BCUT2D eigenvalue weighted by molar-refractivity contribution is 0.254. The zero-order valence-corrected chi connectivity index (χ0v) is 17.0. The molecule has 4 rings (SSSR count). The third kappa shape index (κ3) is 4.98. The van der Waals surface area contributed by atoms with Crippen molar-refractivity contribution < 1.29 is 13.5 Å². The van der Waals surface area contributed by atoms with Crippen LogP contribution in [0.5, 0.6) is 5.75 Å². The first-order valence-electron chi connectivity index (χ1n) is 10.1. The number of rotatable bonds is 6. The number of nitrogens with one attached hydrogen (secondary N) is 2. The predicted molar refractivity (Wildman–Crippen MR) is 113 cm³/mol. The van der Waals surface area contributed by atoms with Gasteiger partial charge in [-0.05, 0) is 47.5 Å². The summed E-state index contributed by atoms with van der Waals surface area (Å²) in [6.45, 7) is 5.30. The molecule has 0 unspecified atom stereocenters. The van der Waals surface area contributed by atoms with E-state index in [4.69, 9.17) is 4.74 Å². The highest BCUT2D eigenvalue weighted by atomic mass is 19.1. The second-order valence-electron chi connectivity index (χ2n) is 7.50. The largest absolute Gasteiger partial charge is 0.494 e. The zero-order valence-electron chi connectivity index (χ0n) is 17.0. The minimum atomic E-state index is -0.402. The molecular weight excluding hydrogens is 386 g/mol. The van der Waals surface area contributed by atoms with E-state index < -0.39 is 5.82 Å². The van der Waals surface area contributed by atoms with E-state index in [2.05, 4.69) is 27.9 Å². The quantitative estimate of drug-likeness (QED) is 0.763. The number of piperazine rings is 1. The van der Waals surface area contributed by atoms with Crippen LogP contribution in [0.2, 0.25) is 0 Å². The summed E-state index contributed by atoms with van der Waals surface area (Å²) in [4.78, 5) is 2.40. The molecule has 0 bridgehead atoms. The number of hydrazine groups is 1. The summed E-state index contributed by atoms with van der Waals surface area (Å²) < 4.78 is 32.6. The summed E-state index contributed by atoms with van der Waals surface area (Å²) in [5.74, 6) is -0.439. The van der Waals surface area contributed by atoms with E-state index >= 15 is 0 Å². The molecule has 30 heavy (non-hydrogen) atoms. The normalized spacial score (nSPS) is 17.2. The Morgan fingerprint density at radius 2 is 1.77 bits per heavy atom. The van der Waals surface area contributed by atoms with Gasteiger partial charge in [0.15, 0.2) is 11.6 Å². The second kappa shape index (κ2) is 9.28. The molecule has 7 heteroatoms. The number of nitrogens with zero attached hydrogens (tertiary/aromatic N) is 2. The highest BCUT2D eigenvalue weighted by molar-refractivity contribution is 5.68. The molecule has 0 spiro atoms. The Morgan fingerprint density at radius 1 is 1.00 bits per heavy atom. The van der Waals surface area contributed by atoms with Crippen molar-refractivity contribution in [2.75, 3.05) is 39.8 Å². The van der Waals surface area contributed by atoms with Gasteiger partial charge in [-0.2, -0.15) is 0 Å². The van der Waals surface area contributed by atoms with Gasteiger partial charge in [0.2, 0.25) is 0 Å². The summed E-state index contributed by atoms with van der Waals surface area (Å²) in [5, 5.41) is 5.33. The lowest BCUT2D eigenvalue weighted by Crippen LogP contribution is -2.44. The summed E-state index contributed by atoms with van der Waals surface area (Å²) in [5.41, 5.74) is 7.01. The Kier molecular flexibility index (Phi) is 6.30. The molecule has 2 heterocycles. The Balaban J connectivity index is 1.58. The molecular formula is C23H26F2N4O. The fraction of sp³-hybridized carbons (Fsp3) is 0.304. The molecule has 0 aliphatic carbocycles. The third-order valence-corrected chi connectivity index (χ3v) is 5.26. The first-order chi connectivity index (χ1) is 14.6. The van der Waals surface area contributed by atoms with Crippen LogP contribution in [-0.4, -0.2) is 49.7 Å². The fourth-order valence-electron chi connectivity index (χ4n) is 3.71. The van der Waals surface area contributed by atoms with Gasteiger partial charge in [0.25, 0.3) is 0 Å². The predicted octanol–water partition coefficient (Wildman–Crippen LogP) is 3.12.